The Hall–Kier alpha value is -2.73. The van der Waals surface area contributed by atoms with Gasteiger partial charge in [0, 0.05) is 47.1 Å². The zero-order valence-corrected chi connectivity index (χ0v) is 20.5. The van der Waals surface area contributed by atoms with Gasteiger partial charge in [0.15, 0.2) is 0 Å². The predicted molar refractivity (Wildman–Crippen MR) is 138 cm³/mol. The molecule has 0 saturated heterocycles. The maximum Gasteiger partial charge on any atom is 0.251 e. The number of ether oxygens (including phenoxy) is 1. The molecule has 4 rings (SSSR count). The maximum atomic E-state index is 12.6. The average molecular weight is 505 g/mol. The Labute approximate surface area is 209 Å². The number of aliphatic imine (C=N–C) groups is 1. The van der Waals surface area contributed by atoms with E-state index in [0.717, 1.165) is 28.3 Å². The second-order valence-corrected chi connectivity index (χ2v) is 8.38. The summed E-state index contributed by atoms with van der Waals surface area (Å²) in [5.41, 5.74) is 4.11. The minimum Gasteiger partial charge on any atom is -0.497 e. The van der Waals surface area contributed by atoms with E-state index in [4.69, 9.17) is 32.9 Å². The second kappa shape index (κ2) is 10.9. The molecule has 3 aromatic carbocycles. The molecule has 5 nitrogen and oxygen atoms in total. The molecule has 0 radical (unpaired) electrons. The molecule has 8 heteroatoms. The van der Waals surface area contributed by atoms with Crippen molar-refractivity contribution in [3.63, 3.8) is 0 Å². The predicted octanol–water partition coefficient (Wildman–Crippen LogP) is 5.51. The Morgan fingerprint density at radius 2 is 1.82 bits per heavy atom. The van der Waals surface area contributed by atoms with E-state index in [2.05, 4.69) is 10.2 Å². The summed E-state index contributed by atoms with van der Waals surface area (Å²) in [6.07, 6.45) is 0. The van der Waals surface area contributed by atoms with E-state index in [0.29, 0.717) is 28.7 Å². The van der Waals surface area contributed by atoms with Gasteiger partial charge in [-0.25, -0.2) is 0 Å². The zero-order chi connectivity index (χ0) is 22.7. The number of benzodiazepines with no additional fused rings is 1. The normalized spacial score (nSPS) is 15.0. The first-order chi connectivity index (χ1) is 15.5. The number of likely N-dealkylation sites (N-methyl/N-ethyl adjacent to an activating group) is 1. The van der Waals surface area contributed by atoms with Crippen molar-refractivity contribution in [2.24, 2.45) is 4.99 Å². The number of carbonyl (C=O) groups is 1. The minimum atomic E-state index is -0.112. The van der Waals surface area contributed by atoms with Crippen LogP contribution in [0.1, 0.15) is 21.5 Å². The summed E-state index contributed by atoms with van der Waals surface area (Å²) in [4.78, 5) is 19.6. The Balaban J connectivity index is 0.00000306. The third-order valence-electron chi connectivity index (χ3n) is 5.57. The van der Waals surface area contributed by atoms with Crippen LogP contribution in [0.3, 0.4) is 0 Å². The van der Waals surface area contributed by atoms with Gasteiger partial charge >= 0.3 is 0 Å². The average Bonchev–Trinajstić information content (AvgIpc) is 2.94. The Kier molecular flexibility index (Phi) is 8.25. The third kappa shape index (κ3) is 5.44. The van der Waals surface area contributed by atoms with Crippen molar-refractivity contribution in [2.45, 2.75) is 6.04 Å². The molecule has 3 aromatic rings. The van der Waals surface area contributed by atoms with Gasteiger partial charge in [0.25, 0.3) is 5.91 Å². The summed E-state index contributed by atoms with van der Waals surface area (Å²) in [5, 5.41) is 4.14. The molecule has 1 aliphatic rings. The number of fused-ring (bicyclic) bond motifs is 1. The molecular formula is C25H24Cl3N3O2. The number of benzene rings is 3. The number of halogens is 3. The van der Waals surface area contributed by atoms with Crippen LogP contribution in [-0.4, -0.2) is 44.9 Å². The molecule has 0 aliphatic carbocycles. The lowest BCUT2D eigenvalue weighted by Crippen LogP contribution is -2.43. The highest BCUT2D eigenvalue weighted by molar-refractivity contribution is 6.38. The van der Waals surface area contributed by atoms with Gasteiger partial charge in [-0.3, -0.25) is 9.79 Å². The summed E-state index contributed by atoms with van der Waals surface area (Å²) < 4.78 is 5.46. The molecule has 1 aliphatic heterocycles. The molecule has 0 bridgehead atoms. The Bertz CT molecular complexity index is 1170. The van der Waals surface area contributed by atoms with Crippen molar-refractivity contribution >= 4 is 52.9 Å². The van der Waals surface area contributed by atoms with Gasteiger partial charge in [-0.2, -0.15) is 0 Å². The van der Waals surface area contributed by atoms with E-state index in [1.807, 2.05) is 49.5 Å². The van der Waals surface area contributed by atoms with Crippen molar-refractivity contribution in [1.29, 1.82) is 0 Å². The first kappa shape index (κ1) is 24.9. The molecule has 172 valence electrons. The van der Waals surface area contributed by atoms with Crippen LogP contribution in [0, 0.1) is 0 Å². The van der Waals surface area contributed by atoms with Gasteiger partial charge in [0.05, 0.1) is 30.4 Å². The molecule has 0 saturated carbocycles. The molecule has 1 amide bonds. The van der Waals surface area contributed by atoms with Crippen molar-refractivity contribution in [2.75, 3.05) is 32.1 Å². The van der Waals surface area contributed by atoms with Crippen molar-refractivity contribution in [1.82, 2.24) is 5.32 Å². The molecule has 0 spiro atoms. The fourth-order valence-electron chi connectivity index (χ4n) is 3.75. The number of anilines is 1. The molecule has 1 heterocycles. The first-order valence-corrected chi connectivity index (χ1v) is 11.0. The van der Waals surface area contributed by atoms with Gasteiger partial charge in [-0.15, -0.1) is 12.4 Å². The van der Waals surface area contributed by atoms with Crippen LogP contribution in [0.15, 0.2) is 71.7 Å². The van der Waals surface area contributed by atoms with Gasteiger partial charge in [-0.1, -0.05) is 41.4 Å². The monoisotopic (exact) mass is 503 g/mol. The molecule has 1 N–H and O–H groups in total. The van der Waals surface area contributed by atoms with Crippen molar-refractivity contribution < 1.29 is 9.53 Å². The van der Waals surface area contributed by atoms with E-state index in [-0.39, 0.29) is 24.4 Å². The molecule has 0 aromatic heterocycles. The number of hydrogen-bond acceptors (Lipinski definition) is 4. The minimum absolute atomic E-state index is 0. The topological polar surface area (TPSA) is 53.9 Å². The lowest BCUT2D eigenvalue weighted by atomic mass is 10.00. The number of hydrogen-bond donors (Lipinski definition) is 1. The lowest BCUT2D eigenvalue weighted by molar-refractivity contribution is 0.0951. The number of amides is 1. The van der Waals surface area contributed by atoms with Crippen LogP contribution in [-0.2, 0) is 0 Å². The maximum absolute atomic E-state index is 12.6. The lowest BCUT2D eigenvalue weighted by Gasteiger charge is -2.29. The highest BCUT2D eigenvalue weighted by Gasteiger charge is 2.26. The van der Waals surface area contributed by atoms with Crippen LogP contribution < -0.4 is 15.0 Å². The fraction of sp³-hybridized carbons (Fsp3) is 0.200. The van der Waals surface area contributed by atoms with Crippen LogP contribution in [0.5, 0.6) is 5.75 Å². The van der Waals surface area contributed by atoms with Crippen molar-refractivity contribution in [3.05, 3.63) is 93.5 Å². The van der Waals surface area contributed by atoms with Gasteiger partial charge < -0.3 is 15.0 Å². The van der Waals surface area contributed by atoms with Crippen LogP contribution in [0.25, 0.3) is 0 Å². The number of nitrogens with zero attached hydrogens (tertiary/aromatic N) is 2. The van der Waals surface area contributed by atoms with Gasteiger partial charge in [0.1, 0.15) is 5.75 Å². The van der Waals surface area contributed by atoms with Crippen LogP contribution in [0.2, 0.25) is 10.0 Å². The van der Waals surface area contributed by atoms with Gasteiger partial charge in [-0.05, 0) is 42.5 Å². The fourth-order valence-corrected chi connectivity index (χ4v) is 4.24. The Morgan fingerprint density at radius 1 is 1.09 bits per heavy atom. The van der Waals surface area contributed by atoms with Crippen LogP contribution >= 0.6 is 35.6 Å². The molecule has 0 fully saturated rings. The number of rotatable bonds is 5. The summed E-state index contributed by atoms with van der Waals surface area (Å²) in [6.45, 7) is 0.920. The Morgan fingerprint density at radius 3 is 2.52 bits per heavy atom. The molecule has 1 atom stereocenters. The molecule has 33 heavy (non-hydrogen) atoms. The molecule has 1 unspecified atom stereocenters. The van der Waals surface area contributed by atoms with E-state index in [1.165, 1.54) is 0 Å². The molecular weight excluding hydrogens is 481 g/mol. The summed E-state index contributed by atoms with van der Waals surface area (Å²) in [6, 6.07) is 20.4. The van der Waals surface area contributed by atoms with E-state index >= 15 is 0 Å². The smallest absolute Gasteiger partial charge is 0.251 e. The van der Waals surface area contributed by atoms with E-state index < -0.39 is 0 Å². The quantitative estimate of drug-likeness (QED) is 0.498. The van der Waals surface area contributed by atoms with E-state index in [1.54, 1.807) is 31.4 Å². The number of nitrogens with one attached hydrogen (secondary N) is 1. The highest BCUT2D eigenvalue weighted by atomic mass is 35.5. The second-order valence-electron chi connectivity index (χ2n) is 7.54. The summed E-state index contributed by atoms with van der Waals surface area (Å²) in [7, 11) is 3.64. The highest BCUT2D eigenvalue weighted by Crippen LogP contribution is 2.33. The zero-order valence-electron chi connectivity index (χ0n) is 18.2. The summed E-state index contributed by atoms with van der Waals surface area (Å²) >= 11 is 12.6. The third-order valence-corrected chi connectivity index (χ3v) is 6.12. The summed E-state index contributed by atoms with van der Waals surface area (Å²) in [5.74, 6) is 0.630. The standard InChI is InChI=1S/C25H23Cl2N3O2.ClH/c1-30-18(15-29-25(31)16-6-4-3-5-7-16)14-28-24(20-10-8-17(26)12-22(20)27)21-11-9-19(32-2)13-23(21)30;/h3-13,18H,14-15H2,1-2H3,(H,29,31);1H. The first-order valence-electron chi connectivity index (χ1n) is 10.2. The SMILES string of the molecule is COc1ccc2c(c1)N(C)C(CNC(=O)c1ccccc1)CN=C2c1ccc(Cl)cc1Cl.Cl. The number of methoxy groups -OCH3 is 1. The largest absolute Gasteiger partial charge is 0.497 e. The van der Waals surface area contributed by atoms with Crippen LogP contribution in [0.4, 0.5) is 5.69 Å². The van der Waals surface area contributed by atoms with E-state index in [9.17, 15) is 4.79 Å². The number of carbonyl (C=O) groups excluding carboxylic acids is 1. The van der Waals surface area contributed by atoms with Gasteiger partial charge in [0.2, 0.25) is 0 Å². The van der Waals surface area contributed by atoms with Crippen molar-refractivity contribution in [3.8, 4) is 5.75 Å².